The van der Waals surface area contributed by atoms with Crippen molar-refractivity contribution in [3.8, 4) is 11.5 Å². The highest BCUT2D eigenvalue weighted by Crippen LogP contribution is 2.26. The highest BCUT2D eigenvalue weighted by atomic mass is 32.1. The number of aryl methyl sites for hydroxylation is 1. The average Bonchev–Trinajstić information content (AvgIpc) is 2.22. The van der Waals surface area contributed by atoms with Gasteiger partial charge in [-0.25, -0.2) is 8.78 Å². The third-order valence-corrected chi connectivity index (χ3v) is 2.49. The minimum atomic E-state index is -0.444. The number of benzene rings is 2. The summed E-state index contributed by atoms with van der Waals surface area (Å²) in [6.07, 6.45) is 0. The first kappa shape index (κ1) is 11.9. The third-order valence-electron chi connectivity index (χ3n) is 2.24. The molecule has 2 rings (SSSR count). The predicted octanol–water partition coefficient (Wildman–Crippen LogP) is 4.35. The van der Waals surface area contributed by atoms with Crippen molar-refractivity contribution in [2.45, 2.75) is 11.8 Å². The molecule has 0 bridgehead atoms. The fourth-order valence-corrected chi connectivity index (χ4v) is 1.63. The maximum Gasteiger partial charge on any atom is 0.131 e. The van der Waals surface area contributed by atoms with Gasteiger partial charge in [-0.1, -0.05) is 6.07 Å². The van der Waals surface area contributed by atoms with Crippen LogP contribution in [0.5, 0.6) is 11.5 Å². The van der Waals surface area contributed by atoms with Crippen molar-refractivity contribution >= 4 is 12.6 Å². The second-order valence-corrected chi connectivity index (χ2v) is 4.17. The first-order valence-corrected chi connectivity index (χ1v) is 5.43. The lowest BCUT2D eigenvalue weighted by atomic mass is 10.2. The molecule has 1 nitrogen and oxygen atoms in total. The maximum absolute atomic E-state index is 13.3. The summed E-state index contributed by atoms with van der Waals surface area (Å²) in [5.41, 5.74) is 0.534. The topological polar surface area (TPSA) is 9.23 Å². The largest absolute Gasteiger partial charge is 0.457 e. The monoisotopic (exact) mass is 252 g/mol. The molecule has 0 saturated heterocycles. The van der Waals surface area contributed by atoms with Gasteiger partial charge in [0.2, 0.25) is 0 Å². The summed E-state index contributed by atoms with van der Waals surface area (Å²) in [4.78, 5) is 0.451. The van der Waals surface area contributed by atoms with Crippen LogP contribution in [0.15, 0.2) is 41.3 Å². The summed E-state index contributed by atoms with van der Waals surface area (Å²) in [6.45, 7) is 1.66. The van der Waals surface area contributed by atoms with Crippen molar-refractivity contribution in [1.29, 1.82) is 0 Å². The molecule has 0 unspecified atom stereocenters. The minimum absolute atomic E-state index is 0.290. The molecule has 0 spiro atoms. The van der Waals surface area contributed by atoms with E-state index in [1.54, 1.807) is 25.1 Å². The van der Waals surface area contributed by atoms with E-state index in [0.717, 1.165) is 0 Å². The van der Waals surface area contributed by atoms with E-state index in [0.29, 0.717) is 22.0 Å². The molecule has 2 aromatic rings. The molecule has 0 aliphatic carbocycles. The third kappa shape index (κ3) is 2.97. The van der Waals surface area contributed by atoms with Crippen LogP contribution >= 0.6 is 12.6 Å². The molecule has 0 fully saturated rings. The van der Waals surface area contributed by atoms with Crippen molar-refractivity contribution in [1.82, 2.24) is 0 Å². The zero-order valence-electron chi connectivity index (χ0n) is 9.08. The minimum Gasteiger partial charge on any atom is -0.457 e. The second kappa shape index (κ2) is 4.75. The standard InChI is InChI=1S/C13H10F2OS/c1-8-2-3-10(7-13(8)15)16-11-4-9(14)5-12(17)6-11/h2-7,17H,1H3. The molecule has 17 heavy (non-hydrogen) atoms. The van der Waals surface area contributed by atoms with Gasteiger partial charge >= 0.3 is 0 Å². The molecule has 4 heteroatoms. The van der Waals surface area contributed by atoms with Crippen molar-refractivity contribution in [2.75, 3.05) is 0 Å². The van der Waals surface area contributed by atoms with Gasteiger partial charge < -0.3 is 4.74 Å². The first-order chi connectivity index (χ1) is 8.04. The van der Waals surface area contributed by atoms with Gasteiger partial charge in [-0.05, 0) is 30.7 Å². The average molecular weight is 252 g/mol. The Morgan fingerprint density at radius 3 is 2.41 bits per heavy atom. The van der Waals surface area contributed by atoms with Crippen molar-refractivity contribution < 1.29 is 13.5 Å². The fourth-order valence-electron chi connectivity index (χ4n) is 1.38. The fraction of sp³-hybridized carbons (Fsp3) is 0.0769. The molecule has 0 heterocycles. The van der Waals surface area contributed by atoms with Crippen LogP contribution in [0.2, 0.25) is 0 Å². The summed E-state index contributed by atoms with van der Waals surface area (Å²) < 4.78 is 31.7. The van der Waals surface area contributed by atoms with Crippen molar-refractivity contribution in [2.24, 2.45) is 0 Å². The Morgan fingerprint density at radius 1 is 1.00 bits per heavy atom. The Morgan fingerprint density at radius 2 is 1.76 bits per heavy atom. The van der Waals surface area contributed by atoms with Crippen LogP contribution in [0, 0.1) is 18.6 Å². The van der Waals surface area contributed by atoms with Crippen LogP contribution in [-0.4, -0.2) is 0 Å². The molecule has 0 amide bonds. The number of hydrogen-bond donors (Lipinski definition) is 1. The van der Waals surface area contributed by atoms with Crippen LogP contribution in [0.1, 0.15) is 5.56 Å². The van der Waals surface area contributed by atoms with Crippen LogP contribution in [0.4, 0.5) is 8.78 Å². The number of rotatable bonds is 2. The Hall–Kier alpha value is -1.55. The Kier molecular flexibility index (Phi) is 3.33. The Labute approximate surface area is 103 Å². The SMILES string of the molecule is Cc1ccc(Oc2cc(F)cc(S)c2)cc1F. The second-order valence-electron chi connectivity index (χ2n) is 3.66. The predicted molar refractivity (Wildman–Crippen MR) is 64.9 cm³/mol. The molecule has 0 radical (unpaired) electrons. The van der Waals surface area contributed by atoms with Crippen LogP contribution < -0.4 is 4.74 Å². The van der Waals surface area contributed by atoms with Crippen LogP contribution in [0.3, 0.4) is 0 Å². The van der Waals surface area contributed by atoms with Gasteiger partial charge in [0.1, 0.15) is 23.1 Å². The molecule has 88 valence electrons. The summed E-state index contributed by atoms with van der Waals surface area (Å²) in [6, 6.07) is 8.54. The van der Waals surface area contributed by atoms with Gasteiger partial charge in [-0.2, -0.15) is 0 Å². The maximum atomic E-state index is 13.3. The van der Waals surface area contributed by atoms with Crippen LogP contribution in [0.25, 0.3) is 0 Å². The first-order valence-electron chi connectivity index (χ1n) is 4.98. The molecular formula is C13H10F2OS. The lowest BCUT2D eigenvalue weighted by Crippen LogP contribution is -1.88. The van der Waals surface area contributed by atoms with E-state index in [1.807, 2.05) is 0 Å². The van der Waals surface area contributed by atoms with E-state index in [2.05, 4.69) is 12.6 Å². The quantitative estimate of drug-likeness (QED) is 0.781. The van der Waals surface area contributed by atoms with Gasteiger partial charge in [0, 0.05) is 17.0 Å². The highest BCUT2D eigenvalue weighted by Gasteiger charge is 2.04. The number of thiol groups is 1. The summed E-state index contributed by atoms with van der Waals surface area (Å²) >= 11 is 4.03. The zero-order valence-corrected chi connectivity index (χ0v) is 9.97. The van der Waals surface area contributed by atoms with Gasteiger partial charge in [0.25, 0.3) is 0 Å². The van der Waals surface area contributed by atoms with E-state index in [4.69, 9.17) is 4.74 Å². The van der Waals surface area contributed by atoms with Gasteiger partial charge in [-0.15, -0.1) is 12.6 Å². The van der Waals surface area contributed by atoms with Gasteiger partial charge in [-0.3, -0.25) is 0 Å². The van der Waals surface area contributed by atoms with Crippen molar-refractivity contribution in [3.05, 3.63) is 53.6 Å². The van der Waals surface area contributed by atoms with E-state index in [1.165, 1.54) is 18.2 Å². The van der Waals surface area contributed by atoms with E-state index >= 15 is 0 Å². The highest BCUT2D eigenvalue weighted by molar-refractivity contribution is 7.80. The number of halogens is 2. The van der Waals surface area contributed by atoms with E-state index in [9.17, 15) is 8.78 Å². The molecule has 0 aliphatic heterocycles. The molecule has 0 atom stereocenters. The van der Waals surface area contributed by atoms with E-state index in [-0.39, 0.29) is 5.82 Å². The lowest BCUT2D eigenvalue weighted by molar-refractivity contribution is 0.469. The number of ether oxygens (including phenoxy) is 1. The molecular weight excluding hydrogens is 242 g/mol. The Balaban J connectivity index is 2.28. The Bertz CT molecular complexity index is 535. The summed E-state index contributed by atoms with van der Waals surface area (Å²) in [5, 5.41) is 0. The van der Waals surface area contributed by atoms with Gasteiger partial charge in [0.15, 0.2) is 0 Å². The molecule has 0 saturated carbocycles. The summed E-state index contributed by atoms with van der Waals surface area (Å²) in [7, 11) is 0. The van der Waals surface area contributed by atoms with Gasteiger partial charge in [0.05, 0.1) is 0 Å². The molecule has 2 aromatic carbocycles. The lowest BCUT2D eigenvalue weighted by Gasteiger charge is -2.07. The van der Waals surface area contributed by atoms with Crippen LogP contribution in [-0.2, 0) is 0 Å². The normalized spacial score (nSPS) is 10.4. The molecule has 0 aliphatic rings. The molecule has 0 N–H and O–H groups in total. The zero-order chi connectivity index (χ0) is 12.4. The van der Waals surface area contributed by atoms with Crippen molar-refractivity contribution in [3.63, 3.8) is 0 Å². The number of hydrogen-bond acceptors (Lipinski definition) is 2. The summed E-state index contributed by atoms with van der Waals surface area (Å²) in [5.74, 6) is -0.185. The molecule has 0 aromatic heterocycles. The van der Waals surface area contributed by atoms with E-state index < -0.39 is 5.82 Å². The smallest absolute Gasteiger partial charge is 0.131 e.